The van der Waals surface area contributed by atoms with Gasteiger partial charge in [0.15, 0.2) is 5.58 Å². The lowest BCUT2D eigenvalue weighted by molar-refractivity contribution is -0.122. The van der Waals surface area contributed by atoms with E-state index in [4.69, 9.17) is 14.6 Å². The van der Waals surface area contributed by atoms with Crippen LogP contribution in [0.4, 0.5) is 5.69 Å². The molecule has 216 valence electrons. The number of anilines is 1. The summed E-state index contributed by atoms with van der Waals surface area (Å²) in [6, 6.07) is 15.3. The van der Waals surface area contributed by atoms with Gasteiger partial charge in [0.05, 0.1) is 11.7 Å². The number of hydrogen-bond acceptors (Lipinski definition) is 10. The van der Waals surface area contributed by atoms with Gasteiger partial charge in [-0.05, 0) is 38.8 Å². The van der Waals surface area contributed by atoms with Crippen molar-refractivity contribution < 1.29 is 18.4 Å². The van der Waals surface area contributed by atoms with Gasteiger partial charge in [-0.3, -0.25) is 19.0 Å². The SMILES string of the molecule is Cc1nc(-c2ccccc2)n(CC(=O)N[C@@H](C(=O)c2nnc(C(C)(C)c3nc4ccccc4o3)o2)C(C)C)c(=O)c1N. The highest BCUT2D eigenvalue weighted by Crippen LogP contribution is 2.32. The highest BCUT2D eigenvalue weighted by atomic mass is 16.4. The van der Waals surface area contributed by atoms with Gasteiger partial charge in [-0.25, -0.2) is 9.97 Å². The summed E-state index contributed by atoms with van der Waals surface area (Å²) in [7, 11) is 0. The number of hydrogen-bond donors (Lipinski definition) is 2. The molecular weight excluding hydrogens is 538 g/mol. The van der Waals surface area contributed by atoms with E-state index in [1.807, 2.05) is 24.3 Å². The quantitative estimate of drug-likeness (QED) is 0.249. The van der Waals surface area contributed by atoms with Crippen LogP contribution in [0, 0.1) is 12.8 Å². The number of benzene rings is 2. The van der Waals surface area contributed by atoms with Crippen LogP contribution in [0.25, 0.3) is 22.5 Å². The van der Waals surface area contributed by atoms with E-state index in [1.165, 1.54) is 4.57 Å². The van der Waals surface area contributed by atoms with E-state index >= 15 is 0 Å². The van der Waals surface area contributed by atoms with Gasteiger partial charge in [-0.15, -0.1) is 10.2 Å². The van der Waals surface area contributed by atoms with Gasteiger partial charge in [0.25, 0.3) is 11.4 Å². The van der Waals surface area contributed by atoms with Crippen LogP contribution >= 0.6 is 0 Å². The molecule has 0 aliphatic rings. The smallest absolute Gasteiger partial charge is 0.286 e. The third-order valence-electron chi connectivity index (χ3n) is 6.99. The molecule has 12 nitrogen and oxygen atoms in total. The summed E-state index contributed by atoms with van der Waals surface area (Å²) in [5.41, 5.74) is 6.71. The lowest BCUT2D eigenvalue weighted by Gasteiger charge is -2.21. The number of Topliss-reactive ketones (excluding diaryl/α,β-unsaturated/α-hetero) is 1. The lowest BCUT2D eigenvalue weighted by atomic mass is 9.93. The minimum Gasteiger partial charge on any atom is -0.440 e. The second-order valence-electron chi connectivity index (χ2n) is 10.9. The minimum atomic E-state index is -1.01. The van der Waals surface area contributed by atoms with Crippen LogP contribution in [-0.4, -0.2) is 42.5 Å². The van der Waals surface area contributed by atoms with Gasteiger partial charge in [-0.1, -0.05) is 56.3 Å². The van der Waals surface area contributed by atoms with Gasteiger partial charge < -0.3 is 19.9 Å². The number of carbonyl (C=O) groups is 2. The largest absolute Gasteiger partial charge is 0.440 e. The Morgan fingerprint density at radius 2 is 1.67 bits per heavy atom. The second-order valence-corrected chi connectivity index (χ2v) is 10.9. The Hall–Kier alpha value is -5.13. The molecule has 1 atom stereocenters. The zero-order valence-electron chi connectivity index (χ0n) is 23.9. The van der Waals surface area contributed by atoms with E-state index in [0.717, 1.165) is 0 Å². The Kier molecular flexibility index (Phi) is 7.46. The first-order valence-corrected chi connectivity index (χ1v) is 13.4. The average Bonchev–Trinajstić information content (AvgIpc) is 3.65. The summed E-state index contributed by atoms with van der Waals surface area (Å²) >= 11 is 0. The molecule has 0 spiro atoms. The number of rotatable bonds is 9. The molecule has 42 heavy (non-hydrogen) atoms. The van der Waals surface area contributed by atoms with Gasteiger partial charge in [0.2, 0.25) is 23.5 Å². The first kappa shape index (κ1) is 28.4. The van der Waals surface area contributed by atoms with Crippen molar-refractivity contribution in [3.05, 3.63) is 88.3 Å². The Balaban J connectivity index is 1.38. The highest BCUT2D eigenvalue weighted by molar-refractivity contribution is 5.98. The Bertz CT molecular complexity index is 1800. The van der Waals surface area contributed by atoms with E-state index < -0.39 is 35.3 Å². The van der Waals surface area contributed by atoms with Crippen LogP contribution in [0.2, 0.25) is 0 Å². The third-order valence-corrected chi connectivity index (χ3v) is 6.99. The summed E-state index contributed by atoms with van der Waals surface area (Å²) < 4.78 is 12.9. The molecule has 0 bridgehead atoms. The maximum absolute atomic E-state index is 13.5. The van der Waals surface area contributed by atoms with Crippen molar-refractivity contribution in [3.8, 4) is 11.4 Å². The number of nitrogens with one attached hydrogen (secondary N) is 1. The lowest BCUT2D eigenvalue weighted by Crippen LogP contribution is -2.46. The van der Waals surface area contributed by atoms with Gasteiger partial charge in [-0.2, -0.15) is 0 Å². The van der Waals surface area contributed by atoms with Crippen molar-refractivity contribution >= 4 is 28.5 Å². The minimum absolute atomic E-state index is 0.0566. The molecule has 12 heteroatoms. The van der Waals surface area contributed by atoms with Gasteiger partial charge >= 0.3 is 0 Å². The van der Waals surface area contributed by atoms with Crippen molar-refractivity contribution in [3.63, 3.8) is 0 Å². The summed E-state index contributed by atoms with van der Waals surface area (Å²) in [4.78, 5) is 48.8. The standard InChI is InChI=1S/C30H31N7O5/c1-16(2)23(34-21(38)15-37-25(18-11-7-6-8-12-18)32-17(3)22(31)27(37)40)24(39)26-35-36-29(42-26)30(4,5)28-33-19-13-9-10-14-20(19)41-28/h6-14,16,23H,15,31H2,1-5H3,(H,34,38)/t23-/m1/s1. The number of para-hydroxylation sites is 2. The van der Waals surface area contributed by atoms with Crippen molar-refractivity contribution in [2.24, 2.45) is 5.92 Å². The molecule has 3 N–H and O–H groups in total. The van der Waals surface area contributed by atoms with Crippen molar-refractivity contribution in [2.75, 3.05) is 5.73 Å². The maximum Gasteiger partial charge on any atom is 0.286 e. The van der Waals surface area contributed by atoms with E-state index in [2.05, 4.69) is 25.5 Å². The molecule has 0 radical (unpaired) electrons. The molecule has 0 aliphatic carbocycles. The molecule has 5 aromatic rings. The number of aryl methyl sites for hydroxylation is 1. The molecule has 3 aromatic heterocycles. The number of aromatic nitrogens is 5. The van der Waals surface area contributed by atoms with Crippen molar-refractivity contribution in [1.29, 1.82) is 0 Å². The van der Waals surface area contributed by atoms with Gasteiger partial charge in [0.1, 0.15) is 29.0 Å². The summed E-state index contributed by atoms with van der Waals surface area (Å²) in [5, 5.41) is 10.8. The monoisotopic (exact) mass is 569 g/mol. The summed E-state index contributed by atoms with van der Waals surface area (Å²) in [6.07, 6.45) is 0. The number of nitrogens with two attached hydrogens (primary N) is 1. The number of carbonyl (C=O) groups excluding carboxylic acids is 2. The number of nitrogen functional groups attached to an aromatic ring is 1. The zero-order valence-corrected chi connectivity index (χ0v) is 23.9. The van der Waals surface area contributed by atoms with E-state index in [1.54, 1.807) is 65.0 Å². The predicted octanol–water partition coefficient (Wildman–Crippen LogP) is 3.67. The third kappa shape index (κ3) is 5.30. The van der Waals surface area contributed by atoms with E-state index in [0.29, 0.717) is 28.2 Å². The molecule has 0 saturated heterocycles. The fourth-order valence-corrected chi connectivity index (χ4v) is 4.47. The number of fused-ring (bicyclic) bond motifs is 1. The van der Waals surface area contributed by atoms with Gasteiger partial charge in [0, 0.05) is 5.56 Å². The number of amides is 1. The summed E-state index contributed by atoms with van der Waals surface area (Å²) in [6.45, 7) is 8.36. The molecule has 5 rings (SSSR count). The highest BCUT2D eigenvalue weighted by Gasteiger charge is 2.37. The van der Waals surface area contributed by atoms with Crippen LogP contribution in [-0.2, 0) is 16.8 Å². The van der Waals surface area contributed by atoms with Crippen LogP contribution < -0.4 is 16.6 Å². The maximum atomic E-state index is 13.5. The Morgan fingerprint density at radius 3 is 2.36 bits per heavy atom. The molecule has 0 fully saturated rings. The molecule has 1 amide bonds. The molecule has 2 aromatic carbocycles. The molecular formula is C30H31N7O5. The first-order valence-electron chi connectivity index (χ1n) is 13.4. The zero-order chi connectivity index (χ0) is 30.2. The number of nitrogens with zero attached hydrogens (tertiary/aromatic N) is 5. The topological polar surface area (TPSA) is 172 Å². The summed E-state index contributed by atoms with van der Waals surface area (Å²) in [5.74, 6) is -0.986. The fraction of sp³-hybridized carbons (Fsp3) is 0.300. The van der Waals surface area contributed by atoms with Crippen LogP contribution in [0.3, 0.4) is 0 Å². The average molecular weight is 570 g/mol. The van der Waals surface area contributed by atoms with Crippen LogP contribution in [0.5, 0.6) is 0 Å². The Morgan fingerprint density at radius 1 is 0.976 bits per heavy atom. The Labute approximate surface area is 241 Å². The number of ketones is 1. The van der Waals surface area contributed by atoms with Crippen molar-refractivity contribution in [2.45, 2.75) is 52.6 Å². The van der Waals surface area contributed by atoms with Crippen LogP contribution in [0.1, 0.15) is 55.9 Å². The second kappa shape index (κ2) is 11.0. The molecule has 0 saturated carbocycles. The fourth-order valence-electron chi connectivity index (χ4n) is 4.47. The van der Waals surface area contributed by atoms with Crippen molar-refractivity contribution in [1.82, 2.24) is 30.0 Å². The molecule has 3 heterocycles. The predicted molar refractivity (Wildman–Crippen MR) is 155 cm³/mol. The normalized spacial score (nSPS) is 12.5. The van der Waals surface area contributed by atoms with Crippen LogP contribution in [0.15, 0.2) is 68.2 Å². The number of oxazole rings is 1. The molecule has 0 aliphatic heterocycles. The van der Waals surface area contributed by atoms with E-state index in [-0.39, 0.29) is 29.2 Å². The first-order chi connectivity index (χ1) is 20.0. The van der Waals surface area contributed by atoms with E-state index in [9.17, 15) is 14.4 Å². The molecule has 0 unspecified atom stereocenters.